The summed E-state index contributed by atoms with van der Waals surface area (Å²) < 4.78 is 4.90. The maximum Gasteiger partial charge on any atom is 0.221 e. The summed E-state index contributed by atoms with van der Waals surface area (Å²) in [5, 5.41) is 6.03. The molecule has 1 aromatic heterocycles. The van der Waals surface area contributed by atoms with Crippen molar-refractivity contribution >= 4 is 5.91 Å². The number of amides is 1. The molecule has 0 spiro atoms. The number of carbonyl (C=O) groups excluding carboxylic acids is 1. The molecule has 0 atom stereocenters. The van der Waals surface area contributed by atoms with Gasteiger partial charge in [0, 0.05) is 46.0 Å². The summed E-state index contributed by atoms with van der Waals surface area (Å²) in [5.74, 6) is 0.0691. The van der Waals surface area contributed by atoms with E-state index in [1.165, 1.54) is 0 Å². The molecule has 18 heavy (non-hydrogen) atoms. The number of carbonyl (C=O) groups is 1. The van der Waals surface area contributed by atoms with Gasteiger partial charge in [0.25, 0.3) is 0 Å². The van der Waals surface area contributed by atoms with E-state index in [1.54, 1.807) is 13.3 Å². The zero-order valence-electron chi connectivity index (χ0n) is 10.8. The Bertz CT molecular complexity index is 330. The Morgan fingerprint density at radius 2 is 2.28 bits per heavy atom. The van der Waals surface area contributed by atoms with Crippen molar-refractivity contribution in [2.45, 2.75) is 19.4 Å². The highest BCUT2D eigenvalue weighted by Crippen LogP contribution is 1.91. The highest BCUT2D eigenvalue weighted by atomic mass is 16.5. The van der Waals surface area contributed by atoms with E-state index in [1.807, 2.05) is 18.2 Å². The summed E-state index contributed by atoms with van der Waals surface area (Å²) in [5.41, 5.74) is 0.984. The lowest BCUT2D eigenvalue weighted by molar-refractivity contribution is -0.121. The van der Waals surface area contributed by atoms with Gasteiger partial charge in [0.05, 0.1) is 5.69 Å². The zero-order chi connectivity index (χ0) is 13.1. The molecule has 0 aromatic carbocycles. The molecule has 1 heterocycles. The summed E-state index contributed by atoms with van der Waals surface area (Å²) >= 11 is 0. The predicted octanol–water partition coefficient (Wildman–Crippen LogP) is 0.714. The van der Waals surface area contributed by atoms with E-state index in [0.29, 0.717) is 32.7 Å². The smallest absolute Gasteiger partial charge is 0.221 e. The minimum absolute atomic E-state index is 0.0691. The molecule has 0 saturated carbocycles. The van der Waals surface area contributed by atoms with Crippen LogP contribution in [0.2, 0.25) is 0 Å². The summed E-state index contributed by atoms with van der Waals surface area (Å²) in [4.78, 5) is 15.6. The van der Waals surface area contributed by atoms with Gasteiger partial charge in [-0.15, -0.1) is 0 Å². The van der Waals surface area contributed by atoms with Crippen molar-refractivity contribution < 1.29 is 9.53 Å². The maximum atomic E-state index is 11.4. The van der Waals surface area contributed by atoms with E-state index >= 15 is 0 Å². The number of methoxy groups -OCH3 is 1. The third-order valence-electron chi connectivity index (χ3n) is 2.41. The van der Waals surface area contributed by atoms with E-state index in [9.17, 15) is 4.79 Å². The number of nitrogens with one attached hydrogen (secondary N) is 2. The molecule has 5 nitrogen and oxygen atoms in total. The van der Waals surface area contributed by atoms with Crippen molar-refractivity contribution in [3.8, 4) is 0 Å². The summed E-state index contributed by atoms with van der Waals surface area (Å²) in [6, 6.07) is 5.79. The second kappa shape index (κ2) is 9.56. The molecule has 0 aliphatic rings. The summed E-state index contributed by atoms with van der Waals surface area (Å²) in [6.07, 6.45) is 3.10. The van der Waals surface area contributed by atoms with E-state index < -0.39 is 0 Å². The first-order valence-electron chi connectivity index (χ1n) is 6.19. The Morgan fingerprint density at radius 3 is 3.00 bits per heavy atom. The molecular weight excluding hydrogens is 230 g/mol. The number of hydrogen-bond donors (Lipinski definition) is 2. The minimum Gasteiger partial charge on any atom is -0.385 e. The van der Waals surface area contributed by atoms with Crippen molar-refractivity contribution in [3.63, 3.8) is 0 Å². The third kappa shape index (κ3) is 6.98. The Labute approximate surface area is 108 Å². The van der Waals surface area contributed by atoms with Crippen LogP contribution in [0.25, 0.3) is 0 Å². The third-order valence-corrected chi connectivity index (χ3v) is 2.41. The average molecular weight is 251 g/mol. The minimum atomic E-state index is 0.0691. The van der Waals surface area contributed by atoms with Crippen molar-refractivity contribution in [1.82, 2.24) is 15.6 Å². The van der Waals surface area contributed by atoms with E-state index in [4.69, 9.17) is 4.74 Å². The molecule has 1 rings (SSSR count). The van der Waals surface area contributed by atoms with Crippen molar-refractivity contribution in [2.24, 2.45) is 0 Å². The number of hydrogen-bond acceptors (Lipinski definition) is 4. The lowest BCUT2D eigenvalue weighted by atomic mass is 10.3. The number of nitrogens with zero attached hydrogens (tertiary/aromatic N) is 1. The van der Waals surface area contributed by atoms with E-state index in [-0.39, 0.29) is 5.91 Å². The van der Waals surface area contributed by atoms with Gasteiger partial charge in [-0.25, -0.2) is 0 Å². The molecule has 0 fully saturated rings. The van der Waals surface area contributed by atoms with Crippen LogP contribution in [0.1, 0.15) is 18.5 Å². The molecule has 0 bridgehead atoms. The Morgan fingerprint density at radius 1 is 1.39 bits per heavy atom. The molecule has 1 aromatic rings. The first-order chi connectivity index (χ1) is 8.83. The first-order valence-corrected chi connectivity index (χ1v) is 6.19. The second-order valence-corrected chi connectivity index (χ2v) is 3.94. The van der Waals surface area contributed by atoms with Gasteiger partial charge in [-0.05, 0) is 18.6 Å². The first kappa shape index (κ1) is 14.6. The van der Waals surface area contributed by atoms with Crippen LogP contribution in [-0.4, -0.2) is 37.7 Å². The fraction of sp³-hybridized carbons (Fsp3) is 0.538. The van der Waals surface area contributed by atoms with Gasteiger partial charge in [-0.3, -0.25) is 9.78 Å². The normalized spacial score (nSPS) is 10.3. The quantitative estimate of drug-likeness (QED) is 0.635. The van der Waals surface area contributed by atoms with Gasteiger partial charge in [0.15, 0.2) is 0 Å². The maximum absolute atomic E-state index is 11.4. The van der Waals surface area contributed by atoms with Gasteiger partial charge in [-0.1, -0.05) is 6.07 Å². The van der Waals surface area contributed by atoms with Crippen LogP contribution in [0.3, 0.4) is 0 Å². The largest absolute Gasteiger partial charge is 0.385 e. The number of pyridine rings is 1. The zero-order valence-corrected chi connectivity index (χ0v) is 10.8. The molecule has 0 aliphatic carbocycles. The predicted molar refractivity (Wildman–Crippen MR) is 70.1 cm³/mol. The standard InChI is InChI=1S/C13H21N3O2/c1-18-10-4-8-16-13(17)6-9-14-11-12-5-2-3-7-15-12/h2-3,5,7,14H,4,6,8-11H2,1H3,(H,16,17). The van der Waals surface area contributed by atoms with Crippen LogP contribution in [-0.2, 0) is 16.1 Å². The van der Waals surface area contributed by atoms with E-state index in [0.717, 1.165) is 12.1 Å². The van der Waals surface area contributed by atoms with Crippen LogP contribution in [0.15, 0.2) is 24.4 Å². The highest BCUT2D eigenvalue weighted by molar-refractivity contribution is 5.75. The molecule has 2 N–H and O–H groups in total. The lowest BCUT2D eigenvalue weighted by Crippen LogP contribution is -2.28. The fourth-order valence-electron chi connectivity index (χ4n) is 1.45. The van der Waals surface area contributed by atoms with Crippen LogP contribution in [0, 0.1) is 0 Å². The van der Waals surface area contributed by atoms with Gasteiger partial charge in [-0.2, -0.15) is 0 Å². The lowest BCUT2D eigenvalue weighted by Gasteiger charge is -2.06. The van der Waals surface area contributed by atoms with Crippen molar-refractivity contribution in [1.29, 1.82) is 0 Å². The molecule has 0 aliphatic heterocycles. The van der Waals surface area contributed by atoms with Gasteiger partial charge >= 0.3 is 0 Å². The SMILES string of the molecule is COCCCNC(=O)CCNCc1ccccn1. The molecule has 0 saturated heterocycles. The molecule has 5 heteroatoms. The highest BCUT2D eigenvalue weighted by Gasteiger charge is 2.00. The Hall–Kier alpha value is -1.46. The van der Waals surface area contributed by atoms with Gasteiger partial charge < -0.3 is 15.4 Å². The Balaban J connectivity index is 1.99. The molecule has 0 unspecified atom stereocenters. The second-order valence-electron chi connectivity index (χ2n) is 3.94. The van der Waals surface area contributed by atoms with Crippen LogP contribution < -0.4 is 10.6 Å². The topological polar surface area (TPSA) is 63.2 Å². The average Bonchev–Trinajstić information content (AvgIpc) is 2.41. The number of aromatic nitrogens is 1. The van der Waals surface area contributed by atoms with Gasteiger partial charge in [0.2, 0.25) is 5.91 Å². The summed E-state index contributed by atoms with van der Waals surface area (Å²) in [6.45, 7) is 2.70. The number of ether oxygens (including phenoxy) is 1. The number of rotatable bonds is 9. The molecule has 100 valence electrons. The monoisotopic (exact) mass is 251 g/mol. The fourth-order valence-corrected chi connectivity index (χ4v) is 1.45. The van der Waals surface area contributed by atoms with Crippen LogP contribution in [0.5, 0.6) is 0 Å². The van der Waals surface area contributed by atoms with E-state index in [2.05, 4.69) is 15.6 Å². The molecular formula is C13H21N3O2. The van der Waals surface area contributed by atoms with Crippen molar-refractivity contribution in [3.05, 3.63) is 30.1 Å². The Kier molecular flexibility index (Phi) is 7.75. The van der Waals surface area contributed by atoms with Gasteiger partial charge in [0.1, 0.15) is 0 Å². The molecule has 0 radical (unpaired) electrons. The van der Waals surface area contributed by atoms with Crippen molar-refractivity contribution in [2.75, 3.05) is 26.8 Å². The van der Waals surface area contributed by atoms with Crippen LogP contribution in [0.4, 0.5) is 0 Å². The summed E-state index contributed by atoms with van der Waals surface area (Å²) in [7, 11) is 1.66. The van der Waals surface area contributed by atoms with Crippen LogP contribution >= 0.6 is 0 Å². The molecule has 1 amide bonds.